The van der Waals surface area contributed by atoms with E-state index in [9.17, 15) is 4.79 Å². The maximum Gasteiger partial charge on any atom is 0.276 e. The van der Waals surface area contributed by atoms with Crippen molar-refractivity contribution in [1.82, 2.24) is 25.3 Å². The van der Waals surface area contributed by atoms with Crippen LogP contribution in [0.2, 0.25) is 0 Å². The number of nitrogens with zero attached hydrogens (tertiary/aromatic N) is 4. The third-order valence-electron chi connectivity index (χ3n) is 3.85. The third-order valence-corrected chi connectivity index (χ3v) is 3.85. The van der Waals surface area contributed by atoms with Gasteiger partial charge in [0.05, 0.1) is 17.9 Å². The van der Waals surface area contributed by atoms with Crippen LogP contribution in [0, 0.1) is 0 Å². The van der Waals surface area contributed by atoms with Crippen LogP contribution in [0.3, 0.4) is 0 Å². The second-order valence-electron chi connectivity index (χ2n) is 5.57. The number of carbonyl (C=O) groups is 1. The second-order valence-corrected chi connectivity index (χ2v) is 5.57. The minimum absolute atomic E-state index is 0.0517. The Morgan fingerprint density at radius 2 is 2.04 bits per heavy atom. The molecule has 9 nitrogen and oxygen atoms in total. The zero-order valence-electron chi connectivity index (χ0n) is 13.8. The number of carbonyl (C=O) groups excluding carboxylic acids is 1. The molecule has 0 aliphatic carbocycles. The van der Waals surface area contributed by atoms with E-state index in [1.807, 2.05) is 18.2 Å². The zero-order chi connectivity index (χ0) is 17.9. The van der Waals surface area contributed by atoms with Crippen molar-refractivity contribution in [3.63, 3.8) is 0 Å². The number of nitrogens with two attached hydrogens (primary N) is 1. The molecule has 132 valence electrons. The van der Waals surface area contributed by atoms with E-state index in [2.05, 4.69) is 20.6 Å². The van der Waals surface area contributed by atoms with Gasteiger partial charge in [0, 0.05) is 12.3 Å². The molecule has 1 aliphatic rings. The summed E-state index contributed by atoms with van der Waals surface area (Å²) in [5, 5.41) is 10.6. The molecule has 0 saturated carbocycles. The number of benzene rings is 1. The Balaban J connectivity index is 1.53. The van der Waals surface area contributed by atoms with Gasteiger partial charge in [-0.05, 0) is 24.3 Å². The Hall–Kier alpha value is -3.62. The normalized spacial score (nSPS) is 12.6. The first kappa shape index (κ1) is 15.9. The van der Waals surface area contributed by atoms with Crippen molar-refractivity contribution in [2.24, 2.45) is 0 Å². The molecular formula is C17H16N6O3. The molecule has 0 bridgehead atoms. The first-order chi connectivity index (χ1) is 12.7. The first-order valence-corrected chi connectivity index (χ1v) is 8.01. The number of amides is 1. The van der Waals surface area contributed by atoms with Crippen molar-refractivity contribution >= 4 is 11.7 Å². The minimum atomic E-state index is -0.419. The molecule has 0 radical (unpaired) electrons. The van der Waals surface area contributed by atoms with E-state index in [1.165, 1.54) is 4.68 Å². The molecular weight excluding hydrogens is 336 g/mol. The van der Waals surface area contributed by atoms with Crippen LogP contribution in [0.15, 0.2) is 42.6 Å². The van der Waals surface area contributed by atoms with Crippen molar-refractivity contribution in [2.45, 2.75) is 6.54 Å². The molecule has 0 unspecified atom stereocenters. The van der Waals surface area contributed by atoms with Crippen molar-refractivity contribution < 1.29 is 14.3 Å². The van der Waals surface area contributed by atoms with Gasteiger partial charge in [-0.25, -0.2) is 0 Å². The predicted molar refractivity (Wildman–Crippen MR) is 92.2 cm³/mol. The van der Waals surface area contributed by atoms with Gasteiger partial charge in [-0.1, -0.05) is 11.3 Å². The third kappa shape index (κ3) is 3.02. The summed E-state index contributed by atoms with van der Waals surface area (Å²) >= 11 is 0. The maximum absolute atomic E-state index is 12.3. The van der Waals surface area contributed by atoms with E-state index in [0.717, 1.165) is 5.69 Å². The van der Waals surface area contributed by atoms with Gasteiger partial charge in [0.2, 0.25) is 0 Å². The summed E-state index contributed by atoms with van der Waals surface area (Å²) in [5.74, 6) is 0.981. The number of rotatable bonds is 4. The van der Waals surface area contributed by atoms with Crippen LogP contribution in [-0.2, 0) is 6.54 Å². The van der Waals surface area contributed by atoms with Gasteiger partial charge in [-0.3, -0.25) is 9.78 Å². The lowest BCUT2D eigenvalue weighted by Crippen LogP contribution is -2.24. The second kappa shape index (κ2) is 6.71. The SMILES string of the molecule is Nc1c(C(=O)NCc2ccccn2)nnn1-c1ccc2c(c1)OCCO2. The van der Waals surface area contributed by atoms with Crippen molar-refractivity contribution in [1.29, 1.82) is 0 Å². The molecule has 3 aromatic rings. The molecule has 3 heterocycles. The average Bonchev–Trinajstić information content (AvgIpc) is 3.08. The van der Waals surface area contributed by atoms with Gasteiger partial charge in [0.1, 0.15) is 13.2 Å². The molecule has 26 heavy (non-hydrogen) atoms. The molecule has 9 heteroatoms. The van der Waals surface area contributed by atoms with Crippen LogP contribution in [0.25, 0.3) is 5.69 Å². The van der Waals surface area contributed by atoms with Crippen LogP contribution >= 0.6 is 0 Å². The molecule has 1 amide bonds. The molecule has 0 atom stereocenters. The summed E-state index contributed by atoms with van der Waals surface area (Å²) < 4.78 is 12.4. The van der Waals surface area contributed by atoms with E-state index in [-0.39, 0.29) is 18.1 Å². The lowest BCUT2D eigenvalue weighted by Gasteiger charge is -2.18. The fourth-order valence-electron chi connectivity index (χ4n) is 2.56. The molecule has 4 rings (SSSR count). The minimum Gasteiger partial charge on any atom is -0.486 e. The average molecular weight is 352 g/mol. The number of aromatic nitrogens is 4. The van der Waals surface area contributed by atoms with E-state index in [0.29, 0.717) is 30.4 Å². The smallest absolute Gasteiger partial charge is 0.276 e. The van der Waals surface area contributed by atoms with Gasteiger partial charge in [0.25, 0.3) is 5.91 Å². The fraction of sp³-hybridized carbons (Fsp3) is 0.176. The van der Waals surface area contributed by atoms with Gasteiger partial charge < -0.3 is 20.5 Å². The standard InChI is InChI=1S/C17H16N6O3/c18-16-15(17(24)20-10-11-3-1-2-6-19-11)21-22-23(16)12-4-5-13-14(9-12)26-8-7-25-13/h1-6,9H,7-8,10,18H2,(H,20,24). The molecule has 0 fully saturated rings. The van der Waals surface area contributed by atoms with Crippen LogP contribution in [0.5, 0.6) is 11.5 Å². The van der Waals surface area contributed by atoms with Crippen molar-refractivity contribution in [2.75, 3.05) is 18.9 Å². The Kier molecular flexibility index (Phi) is 4.10. The number of nitrogens with one attached hydrogen (secondary N) is 1. The highest BCUT2D eigenvalue weighted by Crippen LogP contribution is 2.32. The molecule has 0 saturated heterocycles. The summed E-state index contributed by atoms with van der Waals surface area (Å²) in [7, 11) is 0. The van der Waals surface area contributed by atoms with Gasteiger partial charge in [0.15, 0.2) is 23.0 Å². The van der Waals surface area contributed by atoms with Crippen LogP contribution in [0.1, 0.15) is 16.2 Å². The molecule has 3 N–H and O–H groups in total. The predicted octanol–water partition coefficient (Wildman–Crippen LogP) is 0.946. The lowest BCUT2D eigenvalue weighted by atomic mass is 10.2. The van der Waals surface area contributed by atoms with E-state index < -0.39 is 5.91 Å². The topological polar surface area (TPSA) is 117 Å². The number of anilines is 1. The highest BCUT2D eigenvalue weighted by molar-refractivity contribution is 5.96. The number of hydrogen-bond donors (Lipinski definition) is 2. The number of ether oxygens (including phenoxy) is 2. The van der Waals surface area contributed by atoms with Crippen LogP contribution in [-0.4, -0.2) is 39.1 Å². The van der Waals surface area contributed by atoms with Crippen molar-refractivity contribution in [3.8, 4) is 17.2 Å². The Morgan fingerprint density at radius 1 is 1.19 bits per heavy atom. The van der Waals surface area contributed by atoms with E-state index in [1.54, 1.807) is 24.4 Å². The molecule has 1 aliphatic heterocycles. The van der Waals surface area contributed by atoms with Crippen LogP contribution < -0.4 is 20.5 Å². The summed E-state index contributed by atoms with van der Waals surface area (Å²) in [5.41, 5.74) is 7.49. The summed E-state index contributed by atoms with van der Waals surface area (Å²) in [4.78, 5) is 16.5. The lowest BCUT2D eigenvalue weighted by molar-refractivity contribution is 0.0946. The Bertz CT molecular complexity index is 941. The molecule has 0 spiro atoms. The quantitative estimate of drug-likeness (QED) is 0.718. The number of hydrogen-bond acceptors (Lipinski definition) is 7. The molecule has 1 aromatic carbocycles. The van der Waals surface area contributed by atoms with Gasteiger partial charge >= 0.3 is 0 Å². The summed E-state index contributed by atoms with van der Waals surface area (Å²) in [6.07, 6.45) is 1.66. The maximum atomic E-state index is 12.3. The Labute approximate surface area is 148 Å². The monoisotopic (exact) mass is 352 g/mol. The van der Waals surface area contributed by atoms with Crippen LogP contribution in [0.4, 0.5) is 5.82 Å². The number of fused-ring (bicyclic) bond motifs is 1. The number of pyridine rings is 1. The van der Waals surface area contributed by atoms with E-state index >= 15 is 0 Å². The molecule has 2 aromatic heterocycles. The largest absolute Gasteiger partial charge is 0.486 e. The van der Waals surface area contributed by atoms with Gasteiger partial charge in [-0.15, -0.1) is 5.10 Å². The highest BCUT2D eigenvalue weighted by Gasteiger charge is 2.20. The highest BCUT2D eigenvalue weighted by atomic mass is 16.6. The summed E-state index contributed by atoms with van der Waals surface area (Å²) in [6, 6.07) is 10.8. The first-order valence-electron chi connectivity index (χ1n) is 8.01. The Morgan fingerprint density at radius 3 is 2.85 bits per heavy atom. The van der Waals surface area contributed by atoms with Gasteiger partial charge in [-0.2, -0.15) is 4.68 Å². The van der Waals surface area contributed by atoms with E-state index in [4.69, 9.17) is 15.2 Å². The number of nitrogen functional groups attached to an aromatic ring is 1. The fourth-order valence-corrected chi connectivity index (χ4v) is 2.56. The van der Waals surface area contributed by atoms with Crippen molar-refractivity contribution in [3.05, 3.63) is 54.0 Å². The zero-order valence-corrected chi connectivity index (χ0v) is 13.8. The summed E-state index contributed by atoms with van der Waals surface area (Å²) in [6.45, 7) is 1.26.